The molecule has 0 bridgehead atoms. The van der Waals surface area contributed by atoms with E-state index in [2.05, 4.69) is 177 Å². The van der Waals surface area contributed by atoms with Gasteiger partial charge in [0.2, 0.25) is 0 Å². The summed E-state index contributed by atoms with van der Waals surface area (Å²) in [5, 5.41) is 0. The van der Waals surface area contributed by atoms with Crippen molar-refractivity contribution in [2.24, 2.45) is 5.92 Å². The second-order valence-electron chi connectivity index (χ2n) is 13.9. The highest BCUT2D eigenvalue weighted by Gasteiger charge is 2.57. The maximum absolute atomic E-state index is 6.78. The van der Waals surface area contributed by atoms with Crippen molar-refractivity contribution in [3.63, 3.8) is 0 Å². The van der Waals surface area contributed by atoms with Gasteiger partial charge in [0, 0.05) is 17.0 Å². The van der Waals surface area contributed by atoms with Gasteiger partial charge in [-0.3, -0.25) is 0 Å². The Morgan fingerprint density at radius 2 is 1.20 bits per heavy atom. The first-order valence-corrected chi connectivity index (χ1v) is 17.9. The molecule has 51 heavy (non-hydrogen) atoms. The molecule has 242 valence electrons. The van der Waals surface area contributed by atoms with Crippen molar-refractivity contribution in [2.45, 2.75) is 18.8 Å². The predicted octanol–water partition coefficient (Wildman–Crippen LogP) is 13.1. The largest absolute Gasteiger partial charge is 0.456 e. The topological polar surface area (TPSA) is 9.23 Å². The molecule has 1 spiro atoms. The minimum atomic E-state index is -0.311. The van der Waals surface area contributed by atoms with Gasteiger partial charge in [-0.2, -0.15) is 0 Å². The number of ether oxygens (including phenoxy) is 1. The lowest BCUT2D eigenvalue weighted by atomic mass is 9.64. The number of rotatable bonds is 3. The molecule has 1 nitrogen and oxygen atoms in total. The zero-order valence-corrected chi connectivity index (χ0v) is 28.6. The van der Waals surface area contributed by atoms with E-state index < -0.39 is 0 Å². The van der Waals surface area contributed by atoms with Crippen LogP contribution in [0.5, 0.6) is 11.5 Å². The molecule has 0 saturated carbocycles. The Balaban J connectivity index is 1.17. The van der Waals surface area contributed by atoms with Gasteiger partial charge in [-0.1, -0.05) is 152 Å². The van der Waals surface area contributed by atoms with Crippen LogP contribution in [0.4, 0.5) is 0 Å². The van der Waals surface area contributed by atoms with Crippen molar-refractivity contribution in [1.29, 1.82) is 0 Å². The number of hydrogen-bond donors (Lipinski definition) is 0. The van der Waals surface area contributed by atoms with E-state index in [-0.39, 0.29) is 11.3 Å². The van der Waals surface area contributed by atoms with Gasteiger partial charge in [0.15, 0.2) is 0 Å². The van der Waals surface area contributed by atoms with Gasteiger partial charge in [0.25, 0.3) is 0 Å². The highest BCUT2D eigenvalue weighted by atomic mass is 16.5. The Bertz CT molecular complexity index is 2560. The molecule has 6 aromatic rings. The first kappa shape index (κ1) is 29.7. The standard InChI is InChI=1S/C50H36O/c1-3-4-22-43-32(2)36-17-10-12-23-44(36)50(43)45-24-13-11-20-40(45)49-37(21-14-25-46(49)50)35-27-29-48-42(31-35)39-19-9-8-18-38(39)41-30-34(26-28-47(41)51-48)33-15-6-5-7-16-33/h3-24,26-31,46H,2,25H2,1H3. The Hall–Kier alpha value is -6.18. The average Bonchev–Trinajstić information content (AvgIpc) is 3.57. The van der Waals surface area contributed by atoms with Crippen LogP contribution in [0.1, 0.15) is 41.2 Å². The summed E-state index contributed by atoms with van der Waals surface area (Å²) < 4.78 is 6.78. The summed E-state index contributed by atoms with van der Waals surface area (Å²) in [5.74, 6) is 1.98. The molecule has 1 heteroatoms. The maximum atomic E-state index is 6.78. The van der Waals surface area contributed by atoms with Crippen LogP contribution in [0.15, 0.2) is 182 Å². The lowest BCUT2D eigenvalue weighted by Gasteiger charge is -2.37. The van der Waals surface area contributed by atoms with Crippen LogP contribution in [-0.2, 0) is 5.41 Å². The van der Waals surface area contributed by atoms with Gasteiger partial charge in [0.1, 0.15) is 11.5 Å². The smallest absolute Gasteiger partial charge is 0.135 e. The third kappa shape index (κ3) is 4.22. The van der Waals surface area contributed by atoms with Gasteiger partial charge >= 0.3 is 0 Å². The van der Waals surface area contributed by atoms with Crippen molar-refractivity contribution in [2.75, 3.05) is 0 Å². The van der Waals surface area contributed by atoms with E-state index in [9.17, 15) is 0 Å². The fourth-order valence-electron chi connectivity index (χ4n) is 9.36. The Labute approximate surface area is 299 Å². The van der Waals surface area contributed by atoms with E-state index in [1.165, 1.54) is 66.8 Å². The van der Waals surface area contributed by atoms with Crippen LogP contribution < -0.4 is 4.74 Å². The lowest BCUT2D eigenvalue weighted by Crippen LogP contribution is -2.32. The van der Waals surface area contributed by atoms with Crippen LogP contribution in [0.25, 0.3) is 50.1 Å². The normalized spacial score (nSPS) is 20.1. The maximum Gasteiger partial charge on any atom is 0.135 e. The number of benzene rings is 6. The van der Waals surface area contributed by atoms with Crippen LogP contribution >= 0.6 is 0 Å². The molecule has 2 atom stereocenters. The van der Waals surface area contributed by atoms with E-state index in [4.69, 9.17) is 11.3 Å². The zero-order chi connectivity index (χ0) is 34.1. The molecule has 1 aliphatic heterocycles. The van der Waals surface area contributed by atoms with Crippen molar-refractivity contribution < 1.29 is 4.74 Å². The van der Waals surface area contributed by atoms with E-state index in [0.29, 0.717) is 0 Å². The summed E-state index contributed by atoms with van der Waals surface area (Å²) in [6, 6.07) is 50.7. The minimum absolute atomic E-state index is 0.231. The highest BCUT2D eigenvalue weighted by Crippen LogP contribution is 2.67. The Morgan fingerprint density at radius 1 is 0.608 bits per heavy atom. The van der Waals surface area contributed by atoms with E-state index >= 15 is 0 Å². The van der Waals surface area contributed by atoms with E-state index in [1.807, 2.05) is 0 Å². The number of fused-ring (bicyclic) bond motifs is 12. The quantitative estimate of drug-likeness (QED) is 0.185. The van der Waals surface area contributed by atoms with Gasteiger partial charge in [0.05, 0.1) is 5.41 Å². The summed E-state index contributed by atoms with van der Waals surface area (Å²) in [6.07, 6.45) is 12.3. The first-order chi connectivity index (χ1) is 25.2. The van der Waals surface area contributed by atoms with Gasteiger partial charge in [-0.05, 0) is 110 Å². The van der Waals surface area contributed by atoms with Gasteiger partial charge in [-0.25, -0.2) is 0 Å². The predicted molar refractivity (Wildman–Crippen MR) is 212 cm³/mol. The van der Waals surface area contributed by atoms with Crippen LogP contribution in [0.2, 0.25) is 0 Å². The molecule has 1 heterocycles. The third-order valence-electron chi connectivity index (χ3n) is 11.4. The number of hydrogen-bond acceptors (Lipinski definition) is 1. The van der Waals surface area contributed by atoms with Crippen LogP contribution in [0.3, 0.4) is 0 Å². The minimum Gasteiger partial charge on any atom is -0.456 e. The molecule has 2 unspecified atom stereocenters. The summed E-state index contributed by atoms with van der Waals surface area (Å²) >= 11 is 0. The van der Waals surface area contributed by atoms with Gasteiger partial charge < -0.3 is 4.74 Å². The molecule has 6 aromatic carbocycles. The molecule has 4 aliphatic rings. The molecule has 0 aromatic heterocycles. The van der Waals surface area contributed by atoms with Crippen LogP contribution in [0, 0.1) is 5.92 Å². The Kier molecular flexibility index (Phi) is 6.66. The van der Waals surface area contributed by atoms with Crippen LogP contribution in [-0.4, -0.2) is 0 Å². The van der Waals surface area contributed by atoms with Crippen molar-refractivity contribution in [1.82, 2.24) is 0 Å². The molecule has 0 saturated heterocycles. The molecular weight excluding hydrogens is 617 g/mol. The van der Waals surface area contributed by atoms with Crippen molar-refractivity contribution in [3.05, 3.63) is 210 Å². The molecule has 0 radical (unpaired) electrons. The Morgan fingerprint density at radius 3 is 1.90 bits per heavy atom. The monoisotopic (exact) mass is 652 g/mol. The average molecular weight is 653 g/mol. The first-order valence-electron chi connectivity index (χ1n) is 17.9. The van der Waals surface area contributed by atoms with Crippen molar-refractivity contribution >= 4 is 16.7 Å². The molecule has 10 rings (SSSR count). The summed E-state index contributed by atoms with van der Waals surface area (Å²) in [4.78, 5) is 0. The molecule has 0 amide bonds. The molecule has 0 N–H and O–H groups in total. The SMILES string of the molecule is C=C1C(=CC=CC)C2(c3ccccc31)c1ccccc1C1=C(c3ccc4c(c3)-c3ccccc3-c3cc(-c5ccccc5)ccc3O4)C=CCC12. The third-order valence-corrected chi connectivity index (χ3v) is 11.4. The molecular formula is C50H36O. The zero-order valence-electron chi connectivity index (χ0n) is 28.6. The fraction of sp³-hybridized carbons (Fsp3) is 0.0800. The van der Waals surface area contributed by atoms with Crippen molar-refractivity contribution in [3.8, 4) is 44.9 Å². The summed E-state index contributed by atoms with van der Waals surface area (Å²) in [7, 11) is 0. The second kappa shape index (κ2) is 11.4. The fourth-order valence-corrected chi connectivity index (χ4v) is 9.36. The highest BCUT2D eigenvalue weighted by molar-refractivity contribution is 6.06. The second-order valence-corrected chi connectivity index (χ2v) is 13.9. The summed E-state index contributed by atoms with van der Waals surface area (Å²) in [5.41, 5.74) is 18.3. The van der Waals surface area contributed by atoms with E-state index in [1.54, 1.807) is 0 Å². The lowest BCUT2D eigenvalue weighted by molar-refractivity contribution is 0.487. The van der Waals surface area contributed by atoms with Gasteiger partial charge in [-0.15, -0.1) is 0 Å². The molecule has 3 aliphatic carbocycles. The number of allylic oxidation sites excluding steroid dienone is 9. The van der Waals surface area contributed by atoms with E-state index in [0.717, 1.165) is 34.6 Å². The summed E-state index contributed by atoms with van der Waals surface area (Å²) in [6.45, 7) is 6.79. The molecule has 0 fully saturated rings.